The van der Waals surface area contributed by atoms with Crippen molar-refractivity contribution in [2.75, 3.05) is 16.9 Å². The number of hydrogen-bond acceptors (Lipinski definition) is 5. The van der Waals surface area contributed by atoms with E-state index in [0.717, 1.165) is 6.26 Å². The monoisotopic (exact) mass is 445 g/mol. The van der Waals surface area contributed by atoms with Crippen molar-refractivity contribution in [2.45, 2.75) is 4.90 Å². The second-order valence-corrected chi connectivity index (χ2v) is 8.77. The van der Waals surface area contributed by atoms with E-state index in [2.05, 4.69) is 15.6 Å². The topological polar surface area (TPSA) is 125 Å². The van der Waals surface area contributed by atoms with Crippen LogP contribution >= 0.6 is 11.6 Å². The molecule has 154 valence electrons. The fourth-order valence-electron chi connectivity index (χ4n) is 2.51. The largest absolute Gasteiger partial charge is 0.328 e. The molecule has 3 rings (SSSR count). The van der Waals surface area contributed by atoms with Gasteiger partial charge in [0.1, 0.15) is 0 Å². The number of H-pyrrole nitrogens is 1. The fourth-order valence-corrected chi connectivity index (χ4v) is 3.41. The third kappa shape index (κ3) is 5.13. The first-order chi connectivity index (χ1) is 14.1. The molecule has 3 N–H and O–H groups in total. The maximum Gasteiger partial charge on any atom is 0.257 e. The number of aromatic nitrogens is 1. The average molecular weight is 446 g/mol. The van der Waals surface area contributed by atoms with E-state index < -0.39 is 21.7 Å². The summed E-state index contributed by atoms with van der Waals surface area (Å²) in [5.41, 5.74) is 0.761. The summed E-state index contributed by atoms with van der Waals surface area (Å²) < 4.78 is 23.3. The van der Waals surface area contributed by atoms with Crippen LogP contribution in [0.5, 0.6) is 0 Å². The van der Waals surface area contributed by atoms with Crippen molar-refractivity contribution >= 4 is 44.6 Å². The molecule has 0 aliphatic heterocycles. The molecule has 0 atom stereocenters. The molecule has 0 unspecified atom stereocenters. The lowest BCUT2D eigenvalue weighted by Crippen LogP contribution is -2.15. The van der Waals surface area contributed by atoms with Crippen molar-refractivity contribution in [3.8, 4) is 0 Å². The van der Waals surface area contributed by atoms with Crippen molar-refractivity contribution in [3.63, 3.8) is 0 Å². The van der Waals surface area contributed by atoms with Crippen molar-refractivity contribution in [2.24, 2.45) is 0 Å². The number of amides is 2. The molecule has 0 radical (unpaired) electrons. The van der Waals surface area contributed by atoms with Gasteiger partial charge in [-0.05, 0) is 42.5 Å². The number of carbonyl (C=O) groups is 2. The van der Waals surface area contributed by atoms with Crippen LogP contribution in [-0.4, -0.2) is 31.5 Å². The van der Waals surface area contributed by atoms with Crippen LogP contribution in [0.1, 0.15) is 20.7 Å². The Balaban J connectivity index is 1.74. The summed E-state index contributed by atoms with van der Waals surface area (Å²) in [5.74, 6) is -0.982. The van der Waals surface area contributed by atoms with Crippen molar-refractivity contribution in [1.82, 2.24) is 4.98 Å². The molecule has 10 heteroatoms. The predicted molar refractivity (Wildman–Crippen MR) is 114 cm³/mol. The third-order valence-electron chi connectivity index (χ3n) is 4.05. The van der Waals surface area contributed by atoms with Crippen LogP contribution in [0.2, 0.25) is 5.02 Å². The van der Waals surface area contributed by atoms with E-state index >= 15 is 0 Å². The number of hydrogen-bond donors (Lipinski definition) is 3. The van der Waals surface area contributed by atoms with E-state index in [9.17, 15) is 22.8 Å². The third-order valence-corrected chi connectivity index (χ3v) is 5.47. The Kier molecular flexibility index (Phi) is 6.04. The number of halogens is 1. The summed E-state index contributed by atoms with van der Waals surface area (Å²) >= 11 is 6.21. The van der Waals surface area contributed by atoms with Crippen LogP contribution in [0.15, 0.2) is 70.5 Å². The van der Waals surface area contributed by atoms with Gasteiger partial charge in [0.2, 0.25) is 5.56 Å². The molecule has 3 aromatic rings. The molecule has 0 spiro atoms. The number of nitrogens with one attached hydrogen (secondary N) is 3. The minimum atomic E-state index is -3.45. The molecule has 0 bridgehead atoms. The molecule has 0 saturated carbocycles. The van der Waals surface area contributed by atoms with Crippen LogP contribution in [0.4, 0.5) is 11.4 Å². The molecule has 0 saturated heterocycles. The van der Waals surface area contributed by atoms with Crippen molar-refractivity contribution in [3.05, 3.63) is 87.3 Å². The van der Waals surface area contributed by atoms with Gasteiger partial charge in [0.15, 0.2) is 9.84 Å². The molecule has 2 aromatic carbocycles. The lowest BCUT2D eigenvalue weighted by atomic mass is 10.2. The smallest absolute Gasteiger partial charge is 0.257 e. The first-order valence-corrected chi connectivity index (χ1v) is 10.8. The van der Waals surface area contributed by atoms with Gasteiger partial charge >= 0.3 is 0 Å². The Morgan fingerprint density at radius 1 is 0.933 bits per heavy atom. The number of aromatic amines is 1. The number of rotatable bonds is 5. The van der Waals surface area contributed by atoms with Gasteiger partial charge in [-0.25, -0.2) is 8.42 Å². The normalized spacial score (nSPS) is 11.0. The molecular formula is C20H16ClN3O5S. The Labute approximate surface area is 176 Å². The Morgan fingerprint density at radius 2 is 1.67 bits per heavy atom. The zero-order valence-corrected chi connectivity index (χ0v) is 17.2. The lowest BCUT2D eigenvalue weighted by Gasteiger charge is -2.11. The molecule has 0 aliphatic rings. The number of anilines is 2. The average Bonchev–Trinajstić information content (AvgIpc) is 2.70. The van der Waals surface area contributed by atoms with Gasteiger partial charge in [-0.1, -0.05) is 17.7 Å². The van der Waals surface area contributed by atoms with Gasteiger partial charge in [-0.3, -0.25) is 14.4 Å². The van der Waals surface area contributed by atoms with Gasteiger partial charge in [0, 0.05) is 29.8 Å². The minimum Gasteiger partial charge on any atom is -0.328 e. The fraction of sp³-hybridized carbons (Fsp3) is 0.0500. The molecule has 2 amide bonds. The zero-order chi connectivity index (χ0) is 21.9. The highest BCUT2D eigenvalue weighted by Gasteiger charge is 2.14. The second-order valence-electron chi connectivity index (χ2n) is 6.34. The summed E-state index contributed by atoms with van der Waals surface area (Å²) in [6, 6.07) is 12.7. The van der Waals surface area contributed by atoms with E-state index in [4.69, 9.17) is 11.6 Å². The van der Waals surface area contributed by atoms with Crippen LogP contribution < -0.4 is 16.2 Å². The van der Waals surface area contributed by atoms with Crippen LogP contribution in [0.3, 0.4) is 0 Å². The minimum absolute atomic E-state index is 0.0292. The van der Waals surface area contributed by atoms with Crippen molar-refractivity contribution < 1.29 is 18.0 Å². The highest BCUT2D eigenvalue weighted by atomic mass is 35.5. The number of carbonyl (C=O) groups excluding carboxylic acids is 2. The summed E-state index contributed by atoms with van der Waals surface area (Å²) in [4.78, 5) is 38.2. The molecule has 0 fully saturated rings. The summed E-state index contributed by atoms with van der Waals surface area (Å²) in [6.07, 6.45) is 2.35. The number of pyridine rings is 1. The molecule has 30 heavy (non-hydrogen) atoms. The van der Waals surface area contributed by atoms with E-state index in [-0.39, 0.29) is 32.3 Å². The van der Waals surface area contributed by atoms with Gasteiger partial charge in [-0.15, -0.1) is 0 Å². The van der Waals surface area contributed by atoms with E-state index in [0.29, 0.717) is 5.69 Å². The first kappa shape index (κ1) is 21.3. The number of sulfone groups is 1. The summed E-state index contributed by atoms with van der Waals surface area (Å²) in [6.45, 7) is 0. The van der Waals surface area contributed by atoms with Crippen LogP contribution in [0, 0.1) is 0 Å². The van der Waals surface area contributed by atoms with Gasteiger partial charge in [0.25, 0.3) is 11.8 Å². The van der Waals surface area contributed by atoms with Gasteiger partial charge in [-0.2, -0.15) is 0 Å². The van der Waals surface area contributed by atoms with E-state index in [1.165, 1.54) is 60.8 Å². The van der Waals surface area contributed by atoms with E-state index in [1.54, 1.807) is 0 Å². The first-order valence-electron chi connectivity index (χ1n) is 8.54. The van der Waals surface area contributed by atoms with E-state index in [1.807, 2.05) is 0 Å². The number of benzene rings is 2. The molecule has 1 heterocycles. The Morgan fingerprint density at radius 3 is 2.30 bits per heavy atom. The predicted octanol–water partition coefficient (Wildman–Crippen LogP) is 2.94. The van der Waals surface area contributed by atoms with Gasteiger partial charge < -0.3 is 15.6 Å². The van der Waals surface area contributed by atoms with Gasteiger partial charge in [0.05, 0.1) is 21.2 Å². The standard InChI is InChI=1S/C20H16ClN3O5S/c1-30(28,29)15-4-2-3-12(9-15)19(26)24-17-7-6-14(10-16(17)21)23-20(27)13-5-8-18(25)22-11-13/h2-11H,1H3,(H,22,25)(H,23,27)(H,24,26). The lowest BCUT2D eigenvalue weighted by molar-refractivity contribution is 0.101. The molecule has 8 nitrogen and oxygen atoms in total. The maximum atomic E-state index is 12.5. The van der Waals surface area contributed by atoms with Crippen LogP contribution in [0.25, 0.3) is 0 Å². The Bertz CT molecular complexity index is 1280. The maximum absolute atomic E-state index is 12.5. The SMILES string of the molecule is CS(=O)(=O)c1cccc(C(=O)Nc2ccc(NC(=O)c3ccc(=O)[nH]c3)cc2Cl)c1. The second kappa shape index (κ2) is 8.52. The summed E-state index contributed by atoms with van der Waals surface area (Å²) in [7, 11) is -3.45. The highest BCUT2D eigenvalue weighted by molar-refractivity contribution is 7.90. The molecule has 0 aliphatic carbocycles. The molecule has 1 aromatic heterocycles. The molecular weight excluding hydrogens is 430 g/mol. The van der Waals surface area contributed by atoms with Crippen LogP contribution in [-0.2, 0) is 9.84 Å². The highest BCUT2D eigenvalue weighted by Crippen LogP contribution is 2.26. The summed E-state index contributed by atoms with van der Waals surface area (Å²) in [5, 5.41) is 5.40. The Hall–Kier alpha value is -3.43. The quantitative estimate of drug-likeness (QED) is 0.556. The van der Waals surface area contributed by atoms with Crippen molar-refractivity contribution in [1.29, 1.82) is 0 Å². The zero-order valence-electron chi connectivity index (χ0n) is 15.6.